The molecule has 1 N–H and O–H groups in total. The monoisotopic (exact) mass is 434 g/mol. The molecule has 2 fully saturated rings. The first-order valence-electron chi connectivity index (χ1n) is 10.3. The van der Waals surface area contributed by atoms with Gasteiger partial charge < -0.3 is 14.5 Å². The summed E-state index contributed by atoms with van der Waals surface area (Å²) in [6.07, 6.45) is 3.68. The number of sulfonamides is 1. The minimum absolute atomic E-state index is 0.0222. The van der Waals surface area contributed by atoms with Crippen LogP contribution in [0.25, 0.3) is 11.5 Å². The second kappa shape index (κ2) is 8.83. The van der Waals surface area contributed by atoms with Gasteiger partial charge in [0.15, 0.2) is 0 Å². The van der Waals surface area contributed by atoms with E-state index in [1.54, 1.807) is 12.1 Å². The highest BCUT2D eigenvalue weighted by Crippen LogP contribution is 2.25. The van der Waals surface area contributed by atoms with Gasteiger partial charge in [-0.1, -0.05) is 6.92 Å². The molecule has 2 aromatic rings. The Hall–Kier alpha value is -2.30. The van der Waals surface area contributed by atoms with Crippen molar-refractivity contribution in [1.29, 1.82) is 0 Å². The normalized spacial score (nSPS) is 21.0. The van der Waals surface area contributed by atoms with E-state index >= 15 is 0 Å². The molecule has 0 aliphatic carbocycles. The van der Waals surface area contributed by atoms with Crippen molar-refractivity contribution >= 4 is 15.9 Å². The Labute approximate surface area is 175 Å². The Balaban J connectivity index is 1.41. The first-order chi connectivity index (χ1) is 14.4. The number of nitrogens with one attached hydrogen (secondary N) is 1. The number of hydrogen-bond acceptors (Lipinski definition) is 7. The number of aromatic nitrogens is 2. The van der Waals surface area contributed by atoms with Crippen LogP contribution in [0.4, 0.5) is 0 Å². The van der Waals surface area contributed by atoms with Crippen LogP contribution >= 0.6 is 0 Å². The van der Waals surface area contributed by atoms with Gasteiger partial charge in [-0.2, -0.15) is 4.31 Å². The smallest absolute Gasteiger partial charge is 0.308 e. The Bertz CT molecular complexity index is 975. The largest absolute Gasteiger partial charge is 0.412 e. The van der Waals surface area contributed by atoms with E-state index in [4.69, 9.17) is 9.15 Å². The summed E-state index contributed by atoms with van der Waals surface area (Å²) < 4.78 is 38.1. The quantitative estimate of drug-likeness (QED) is 0.740. The predicted molar refractivity (Wildman–Crippen MR) is 108 cm³/mol. The van der Waals surface area contributed by atoms with Crippen LogP contribution in [0.15, 0.2) is 33.6 Å². The van der Waals surface area contributed by atoms with Gasteiger partial charge in [-0.15, -0.1) is 10.2 Å². The topological polar surface area (TPSA) is 115 Å². The lowest BCUT2D eigenvalue weighted by molar-refractivity contribution is 0.0830. The third-order valence-corrected chi connectivity index (χ3v) is 7.53. The standard InChI is InChI=1S/C20H26N4O5S/c1-14-8-10-24(11-9-14)30(26,27)17-6-4-15(5-7-17)19-22-23-20(29-19)18(25)21-13-16-3-2-12-28-16/h4-7,14,16H,2-3,8-13H2,1H3,(H,21,25). The minimum Gasteiger partial charge on any atom is -0.412 e. The van der Waals surface area contributed by atoms with Crippen LogP contribution in [0.2, 0.25) is 0 Å². The van der Waals surface area contributed by atoms with E-state index < -0.39 is 15.9 Å². The zero-order chi connectivity index (χ0) is 21.1. The van der Waals surface area contributed by atoms with Crippen molar-refractivity contribution in [1.82, 2.24) is 19.8 Å². The zero-order valence-electron chi connectivity index (χ0n) is 16.9. The number of piperidine rings is 1. The molecule has 1 unspecified atom stereocenters. The van der Waals surface area contributed by atoms with Crippen molar-refractivity contribution in [2.24, 2.45) is 5.92 Å². The summed E-state index contributed by atoms with van der Waals surface area (Å²) in [5, 5.41) is 10.4. The Kier molecular flexibility index (Phi) is 6.16. The summed E-state index contributed by atoms with van der Waals surface area (Å²) in [6, 6.07) is 6.29. The molecular formula is C20H26N4O5S. The first kappa shape index (κ1) is 21.0. The van der Waals surface area contributed by atoms with E-state index in [1.807, 2.05) is 0 Å². The highest BCUT2D eigenvalue weighted by molar-refractivity contribution is 7.89. The van der Waals surface area contributed by atoms with Crippen molar-refractivity contribution in [2.75, 3.05) is 26.2 Å². The number of hydrogen-bond donors (Lipinski definition) is 1. The summed E-state index contributed by atoms with van der Waals surface area (Å²) in [5.41, 5.74) is 0.548. The zero-order valence-corrected chi connectivity index (χ0v) is 17.7. The fourth-order valence-corrected chi connectivity index (χ4v) is 5.13. The van der Waals surface area contributed by atoms with Crippen LogP contribution in [-0.4, -0.2) is 61.2 Å². The summed E-state index contributed by atoms with van der Waals surface area (Å²) in [7, 11) is -3.52. The van der Waals surface area contributed by atoms with Crippen LogP contribution < -0.4 is 5.32 Å². The second-order valence-corrected chi connectivity index (χ2v) is 9.81. The number of nitrogens with zero attached hydrogens (tertiary/aromatic N) is 3. The van der Waals surface area contributed by atoms with Gasteiger partial charge in [0, 0.05) is 31.8 Å². The highest BCUT2D eigenvalue weighted by atomic mass is 32.2. The van der Waals surface area contributed by atoms with Gasteiger partial charge in [0.1, 0.15) is 0 Å². The Morgan fingerprint density at radius 3 is 2.57 bits per heavy atom. The maximum Gasteiger partial charge on any atom is 0.308 e. The van der Waals surface area contributed by atoms with Crippen molar-refractivity contribution < 1.29 is 22.4 Å². The molecule has 2 aliphatic heterocycles. The fourth-order valence-electron chi connectivity index (χ4n) is 3.66. The molecule has 2 aliphatic rings. The molecule has 1 amide bonds. The lowest BCUT2D eigenvalue weighted by Crippen LogP contribution is -2.37. The third kappa shape index (κ3) is 4.55. The molecule has 2 saturated heterocycles. The van der Waals surface area contributed by atoms with Crippen LogP contribution in [0, 0.1) is 5.92 Å². The van der Waals surface area contributed by atoms with Gasteiger partial charge in [-0.3, -0.25) is 4.79 Å². The van der Waals surface area contributed by atoms with Crippen LogP contribution in [0.5, 0.6) is 0 Å². The van der Waals surface area contributed by atoms with Crippen LogP contribution in [0.1, 0.15) is 43.3 Å². The summed E-state index contributed by atoms with van der Waals surface area (Å²) in [4.78, 5) is 12.4. The van der Waals surface area contributed by atoms with Gasteiger partial charge in [0.2, 0.25) is 15.9 Å². The number of amides is 1. The molecule has 1 aromatic heterocycles. The summed E-state index contributed by atoms with van der Waals surface area (Å²) in [5.74, 6) is 0.117. The molecule has 0 spiro atoms. The molecule has 0 saturated carbocycles. The molecule has 1 aromatic carbocycles. The Morgan fingerprint density at radius 2 is 1.90 bits per heavy atom. The molecule has 10 heteroatoms. The molecule has 0 radical (unpaired) electrons. The molecular weight excluding hydrogens is 408 g/mol. The summed E-state index contributed by atoms with van der Waals surface area (Å²) in [6.45, 7) is 4.34. The Morgan fingerprint density at radius 1 is 1.17 bits per heavy atom. The average Bonchev–Trinajstić information content (AvgIpc) is 3.45. The van der Waals surface area contributed by atoms with Gasteiger partial charge in [0.25, 0.3) is 0 Å². The number of rotatable bonds is 6. The van der Waals surface area contributed by atoms with Crippen LogP contribution in [0.3, 0.4) is 0 Å². The lowest BCUT2D eigenvalue weighted by Gasteiger charge is -2.29. The molecule has 9 nitrogen and oxygen atoms in total. The first-order valence-corrected chi connectivity index (χ1v) is 11.7. The minimum atomic E-state index is -3.52. The number of carbonyl (C=O) groups is 1. The number of benzene rings is 1. The van der Waals surface area contributed by atoms with Gasteiger partial charge in [-0.05, 0) is 55.9 Å². The molecule has 0 bridgehead atoms. The molecule has 1 atom stereocenters. The SMILES string of the molecule is CC1CCN(S(=O)(=O)c2ccc(-c3nnc(C(=O)NCC4CCCO4)o3)cc2)CC1. The molecule has 30 heavy (non-hydrogen) atoms. The van der Waals surface area contributed by atoms with E-state index in [0.29, 0.717) is 37.7 Å². The van der Waals surface area contributed by atoms with E-state index in [0.717, 1.165) is 25.7 Å². The van der Waals surface area contributed by atoms with Crippen molar-refractivity contribution in [3.8, 4) is 11.5 Å². The van der Waals surface area contributed by atoms with Gasteiger partial charge in [0.05, 0.1) is 11.0 Å². The predicted octanol–water partition coefficient (Wildman–Crippen LogP) is 2.07. The van der Waals surface area contributed by atoms with Crippen LogP contribution in [-0.2, 0) is 14.8 Å². The van der Waals surface area contributed by atoms with E-state index in [2.05, 4.69) is 22.4 Å². The maximum atomic E-state index is 12.8. The van der Waals surface area contributed by atoms with E-state index in [9.17, 15) is 13.2 Å². The summed E-state index contributed by atoms with van der Waals surface area (Å²) >= 11 is 0. The molecule has 3 heterocycles. The van der Waals surface area contributed by atoms with Gasteiger partial charge in [-0.25, -0.2) is 8.42 Å². The maximum absolute atomic E-state index is 12.8. The van der Waals surface area contributed by atoms with Crippen molar-refractivity contribution in [2.45, 2.75) is 43.6 Å². The highest BCUT2D eigenvalue weighted by Gasteiger charge is 2.28. The van der Waals surface area contributed by atoms with Gasteiger partial charge >= 0.3 is 11.8 Å². The molecule has 4 rings (SSSR count). The van der Waals surface area contributed by atoms with Crippen molar-refractivity contribution in [3.05, 3.63) is 30.2 Å². The van der Waals surface area contributed by atoms with E-state index in [1.165, 1.54) is 16.4 Å². The fraction of sp³-hybridized carbons (Fsp3) is 0.550. The number of carbonyl (C=O) groups excluding carboxylic acids is 1. The second-order valence-electron chi connectivity index (χ2n) is 7.87. The van der Waals surface area contributed by atoms with E-state index in [-0.39, 0.29) is 22.8 Å². The molecule has 162 valence electrons. The number of ether oxygens (including phenoxy) is 1. The third-order valence-electron chi connectivity index (χ3n) is 5.62. The lowest BCUT2D eigenvalue weighted by atomic mass is 10.0. The average molecular weight is 435 g/mol. The van der Waals surface area contributed by atoms with Crippen molar-refractivity contribution in [3.63, 3.8) is 0 Å².